The van der Waals surface area contributed by atoms with Gasteiger partial charge in [0.1, 0.15) is 11.5 Å². The first-order valence-electron chi connectivity index (χ1n) is 11.0. The number of hydrogen-bond acceptors (Lipinski definition) is 5. The van der Waals surface area contributed by atoms with Gasteiger partial charge in [-0.3, -0.25) is 0 Å². The highest BCUT2D eigenvalue weighted by Crippen LogP contribution is 2.30. The van der Waals surface area contributed by atoms with Crippen molar-refractivity contribution in [1.82, 2.24) is 4.90 Å². The molecule has 1 unspecified atom stereocenters. The summed E-state index contributed by atoms with van der Waals surface area (Å²) >= 11 is 0. The number of ether oxygens (including phenoxy) is 1. The van der Waals surface area contributed by atoms with E-state index in [1.807, 2.05) is 6.92 Å². The second-order valence-corrected chi connectivity index (χ2v) is 8.66. The zero-order chi connectivity index (χ0) is 24.0. The van der Waals surface area contributed by atoms with Crippen molar-refractivity contribution in [3.63, 3.8) is 0 Å². The van der Waals surface area contributed by atoms with Gasteiger partial charge in [-0.2, -0.15) is 6.92 Å². The second-order valence-electron chi connectivity index (χ2n) is 8.66. The van der Waals surface area contributed by atoms with E-state index in [1.54, 1.807) is 12.1 Å². The first-order valence-corrected chi connectivity index (χ1v) is 11.0. The lowest BCUT2D eigenvalue weighted by Crippen LogP contribution is -2.31. The molecular weight excluding hydrogens is 435 g/mol. The highest BCUT2D eigenvalue weighted by molar-refractivity contribution is 5.82. The number of nitrogens with zero attached hydrogens (tertiary/aromatic N) is 1. The molecule has 3 rings (SSSR count). The average Bonchev–Trinajstić information content (AvgIpc) is 3.24. The molecule has 1 atom stereocenters. The van der Waals surface area contributed by atoms with E-state index in [-0.39, 0.29) is 41.8 Å². The molecule has 8 heteroatoms. The van der Waals surface area contributed by atoms with Gasteiger partial charge in [-0.25, -0.2) is 0 Å². The summed E-state index contributed by atoms with van der Waals surface area (Å²) < 4.78 is 40.8. The maximum Gasteiger partial charge on any atom is 0.573 e. The number of halogens is 3. The molecule has 1 aliphatic heterocycles. The van der Waals surface area contributed by atoms with Gasteiger partial charge in [0.2, 0.25) is 0 Å². The molecule has 33 heavy (non-hydrogen) atoms. The number of carbonyl (C=O) groups is 1. The Morgan fingerprint density at radius 3 is 2.30 bits per heavy atom. The van der Waals surface area contributed by atoms with Crippen LogP contribution in [0, 0.1) is 11.8 Å². The van der Waals surface area contributed by atoms with Crippen molar-refractivity contribution in [3.05, 3.63) is 59.5 Å². The number of hydrogen-bond donors (Lipinski definition) is 2. The average molecular weight is 465 g/mol. The van der Waals surface area contributed by atoms with E-state index in [0.717, 1.165) is 44.0 Å². The standard InChI is InChI=1S/C25H29F3NO4/c1-17(12-21(30)14-18-4-7-22(8-5-18)33-25(26,27)28)20(16-29-10-2-3-11-29)13-19-6-9-23(31)24(32)15-19/h4-9,15,20,31-32H,2-3,10-14,16H2,1H3/q-1. The largest absolute Gasteiger partial charge is 0.573 e. The summed E-state index contributed by atoms with van der Waals surface area (Å²) in [6, 6.07) is 10.1. The Balaban J connectivity index is 1.61. The van der Waals surface area contributed by atoms with Crippen molar-refractivity contribution >= 4 is 5.78 Å². The maximum atomic E-state index is 12.7. The molecule has 1 aliphatic rings. The number of phenolic OH excluding ortho intramolecular Hbond substituents is 2. The highest BCUT2D eigenvalue weighted by Gasteiger charge is 2.31. The van der Waals surface area contributed by atoms with Crippen molar-refractivity contribution < 1.29 is 32.9 Å². The molecule has 2 N–H and O–H groups in total. The zero-order valence-electron chi connectivity index (χ0n) is 18.6. The fraction of sp³-hybridized carbons (Fsp3) is 0.440. The van der Waals surface area contributed by atoms with Crippen LogP contribution >= 0.6 is 0 Å². The lowest BCUT2D eigenvalue weighted by Gasteiger charge is -2.38. The van der Waals surface area contributed by atoms with Gasteiger partial charge < -0.3 is 30.6 Å². The van der Waals surface area contributed by atoms with Crippen molar-refractivity contribution in [1.29, 1.82) is 0 Å². The van der Waals surface area contributed by atoms with E-state index in [2.05, 4.69) is 9.64 Å². The number of aromatic hydroxyl groups is 2. The molecular formula is C25H29F3NO4-. The van der Waals surface area contributed by atoms with E-state index >= 15 is 0 Å². The molecule has 0 radical (unpaired) electrons. The number of carbonyl (C=O) groups excluding carboxylic acids is 1. The van der Waals surface area contributed by atoms with Gasteiger partial charge in [0.05, 0.1) is 0 Å². The first kappa shape index (κ1) is 24.9. The van der Waals surface area contributed by atoms with Gasteiger partial charge in [0, 0.05) is 6.42 Å². The normalized spacial score (nSPS) is 15.7. The van der Waals surface area contributed by atoms with Gasteiger partial charge in [0.25, 0.3) is 0 Å². The summed E-state index contributed by atoms with van der Waals surface area (Å²) in [5.74, 6) is 0.452. The smallest absolute Gasteiger partial charge is 0.504 e. The number of phenols is 2. The topological polar surface area (TPSA) is 70.0 Å². The summed E-state index contributed by atoms with van der Waals surface area (Å²) in [7, 11) is 0. The fourth-order valence-electron chi connectivity index (χ4n) is 4.21. The minimum Gasteiger partial charge on any atom is -0.504 e. The zero-order valence-corrected chi connectivity index (χ0v) is 18.6. The summed E-state index contributed by atoms with van der Waals surface area (Å²) in [6.45, 7) is 4.80. The van der Waals surface area contributed by atoms with Crippen LogP contribution in [0.3, 0.4) is 0 Å². The molecule has 0 spiro atoms. The summed E-state index contributed by atoms with van der Waals surface area (Å²) in [6.07, 6.45) is -1.42. The van der Waals surface area contributed by atoms with Crippen LogP contribution in [-0.2, 0) is 17.6 Å². The molecule has 5 nitrogen and oxygen atoms in total. The van der Waals surface area contributed by atoms with Crippen molar-refractivity contribution in [2.45, 2.75) is 45.4 Å². The molecule has 0 bridgehead atoms. The van der Waals surface area contributed by atoms with E-state index < -0.39 is 6.36 Å². The predicted octanol–water partition coefficient (Wildman–Crippen LogP) is 5.05. The molecule has 1 heterocycles. The molecule has 0 amide bonds. The molecule has 0 aromatic heterocycles. The number of ketones is 1. The van der Waals surface area contributed by atoms with Crippen LogP contribution in [0.25, 0.3) is 0 Å². The molecule has 2 aromatic carbocycles. The SMILES string of the molecule is C[C-](CC(=O)Cc1ccc(OC(F)(F)F)cc1)C(Cc1ccc(O)c(O)c1)CN1CCCC1. The third kappa shape index (κ3) is 7.96. The third-order valence-corrected chi connectivity index (χ3v) is 5.93. The summed E-state index contributed by atoms with van der Waals surface area (Å²) in [5.41, 5.74) is 1.50. The Morgan fingerprint density at radius 2 is 1.70 bits per heavy atom. The molecule has 2 aromatic rings. The van der Waals surface area contributed by atoms with Crippen LogP contribution in [0.4, 0.5) is 13.2 Å². The summed E-state index contributed by atoms with van der Waals surface area (Å²) in [5, 5.41) is 19.4. The molecule has 1 fully saturated rings. The van der Waals surface area contributed by atoms with Crippen molar-refractivity contribution in [2.24, 2.45) is 5.92 Å². The Kier molecular flexibility index (Phi) is 8.24. The van der Waals surface area contributed by atoms with Crippen LogP contribution in [-0.4, -0.2) is 46.9 Å². The van der Waals surface area contributed by atoms with Gasteiger partial charge in [-0.15, -0.1) is 25.5 Å². The molecule has 0 saturated carbocycles. The highest BCUT2D eigenvalue weighted by atomic mass is 19.4. The first-order chi connectivity index (χ1) is 15.6. The Bertz CT molecular complexity index is 924. The van der Waals surface area contributed by atoms with Crippen molar-refractivity contribution in [3.8, 4) is 17.2 Å². The van der Waals surface area contributed by atoms with Crippen molar-refractivity contribution in [2.75, 3.05) is 19.6 Å². The molecule has 180 valence electrons. The van der Waals surface area contributed by atoms with E-state index in [1.165, 1.54) is 30.3 Å². The number of likely N-dealkylation sites (tertiary alicyclic amines) is 1. The lowest BCUT2D eigenvalue weighted by atomic mass is 9.83. The third-order valence-electron chi connectivity index (χ3n) is 5.93. The van der Waals surface area contributed by atoms with E-state index in [0.29, 0.717) is 12.0 Å². The Morgan fingerprint density at radius 1 is 1.06 bits per heavy atom. The van der Waals surface area contributed by atoms with Crippen LogP contribution in [0.15, 0.2) is 42.5 Å². The van der Waals surface area contributed by atoms with Gasteiger partial charge >= 0.3 is 6.36 Å². The monoisotopic (exact) mass is 464 g/mol. The maximum absolute atomic E-state index is 12.7. The second kappa shape index (κ2) is 10.9. The number of Topliss-reactive ketones (excluding diaryl/α,β-unsaturated/α-hetero) is 1. The lowest BCUT2D eigenvalue weighted by molar-refractivity contribution is -0.274. The van der Waals surface area contributed by atoms with Crippen LogP contribution < -0.4 is 4.74 Å². The van der Waals surface area contributed by atoms with E-state index in [4.69, 9.17) is 0 Å². The quantitative estimate of drug-likeness (QED) is 0.381. The Labute approximate surface area is 191 Å². The minimum atomic E-state index is -4.75. The number of rotatable bonds is 10. The van der Waals surface area contributed by atoms with E-state index in [9.17, 15) is 28.2 Å². The van der Waals surface area contributed by atoms with Gasteiger partial charge in [-0.05, 0) is 67.9 Å². The Hall–Kier alpha value is -2.74. The van der Waals surface area contributed by atoms with Gasteiger partial charge in [0.15, 0.2) is 11.5 Å². The number of alkyl halides is 3. The minimum absolute atomic E-state index is 0.0167. The number of benzene rings is 2. The van der Waals surface area contributed by atoms with Crippen LogP contribution in [0.1, 0.15) is 37.3 Å². The summed E-state index contributed by atoms with van der Waals surface area (Å²) in [4.78, 5) is 15.1. The van der Waals surface area contributed by atoms with Crippen LogP contribution in [0.5, 0.6) is 17.2 Å². The van der Waals surface area contributed by atoms with Gasteiger partial charge in [-0.1, -0.05) is 24.6 Å². The predicted molar refractivity (Wildman–Crippen MR) is 118 cm³/mol. The molecule has 1 saturated heterocycles. The fourth-order valence-corrected chi connectivity index (χ4v) is 4.21. The molecule has 0 aliphatic carbocycles. The van der Waals surface area contributed by atoms with Crippen LogP contribution in [0.2, 0.25) is 0 Å².